The number of carboxylic acid groups (broad SMARTS) is 1. The van der Waals surface area contributed by atoms with E-state index in [4.69, 9.17) is 9.84 Å². The maximum atomic E-state index is 11.8. The Bertz CT molecular complexity index is 502. The number of hydrogen-bond acceptors (Lipinski definition) is 3. The number of anilines is 1. The first-order chi connectivity index (χ1) is 9.97. The highest BCUT2D eigenvalue weighted by molar-refractivity contribution is 5.94. The van der Waals surface area contributed by atoms with Crippen molar-refractivity contribution in [3.63, 3.8) is 0 Å². The number of unbranched alkanes of at least 4 members (excludes halogenated alkanes) is 1. The number of carboxylic acids is 1. The highest BCUT2D eigenvalue weighted by Gasteiger charge is 2.13. The number of carbonyl (C=O) groups is 2. The fourth-order valence-electron chi connectivity index (χ4n) is 1.92. The number of ether oxygens (including phenoxy) is 1. The molecule has 6 heteroatoms. The molecule has 0 saturated heterocycles. The molecular formula is C15H22N2O4. The molecular weight excluding hydrogens is 272 g/mol. The van der Waals surface area contributed by atoms with Crippen LogP contribution in [0.2, 0.25) is 0 Å². The van der Waals surface area contributed by atoms with Crippen molar-refractivity contribution in [2.24, 2.45) is 0 Å². The predicted molar refractivity (Wildman–Crippen MR) is 81.1 cm³/mol. The number of rotatable bonds is 7. The van der Waals surface area contributed by atoms with E-state index in [1.165, 1.54) is 25.3 Å². The number of amides is 2. The minimum absolute atomic E-state index is 0.0553. The molecule has 1 aromatic rings. The molecule has 21 heavy (non-hydrogen) atoms. The van der Waals surface area contributed by atoms with Gasteiger partial charge in [-0.3, -0.25) is 0 Å². The van der Waals surface area contributed by atoms with Crippen LogP contribution in [-0.2, 0) is 0 Å². The van der Waals surface area contributed by atoms with E-state index < -0.39 is 5.97 Å². The van der Waals surface area contributed by atoms with Gasteiger partial charge in [0.1, 0.15) is 11.3 Å². The molecule has 0 aliphatic carbocycles. The van der Waals surface area contributed by atoms with E-state index in [1.807, 2.05) is 6.92 Å². The normalized spacial score (nSPS) is 11.6. The third-order valence-corrected chi connectivity index (χ3v) is 3.06. The minimum Gasteiger partial charge on any atom is -0.496 e. The van der Waals surface area contributed by atoms with Crippen molar-refractivity contribution in [2.45, 2.75) is 39.2 Å². The van der Waals surface area contributed by atoms with Crippen LogP contribution in [0.1, 0.15) is 43.5 Å². The summed E-state index contributed by atoms with van der Waals surface area (Å²) in [6, 6.07) is 4.19. The SMILES string of the molecule is CCCCC(C)NC(=O)Nc1ccc(C(=O)O)c(OC)c1. The lowest BCUT2D eigenvalue weighted by molar-refractivity contribution is 0.0693. The summed E-state index contributed by atoms with van der Waals surface area (Å²) in [6.45, 7) is 4.05. The number of urea groups is 1. The smallest absolute Gasteiger partial charge is 0.339 e. The summed E-state index contributed by atoms with van der Waals surface area (Å²) >= 11 is 0. The number of carbonyl (C=O) groups excluding carboxylic acids is 1. The summed E-state index contributed by atoms with van der Waals surface area (Å²) in [4.78, 5) is 22.8. The van der Waals surface area contributed by atoms with E-state index in [9.17, 15) is 9.59 Å². The van der Waals surface area contributed by atoms with Crippen molar-refractivity contribution in [1.29, 1.82) is 0 Å². The molecule has 1 unspecified atom stereocenters. The Hall–Kier alpha value is -2.24. The highest BCUT2D eigenvalue weighted by Crippen LogP contribution is 2.23. The number of methoxy groups -OCH3 is 1. The molecule has 1 rings (SSSR count). The number of benzene rings is 1. The average molecular weight is 294 g/mol. The standard InChI is InChI=1S/C15H22N2O4/c1-4-5-6-10(2)16-15(20)17-11-7-8-12(14(18)19)13(9-11)21-3/h7-10H,4-6H2,1-3H3,(H,18,19)(H2,16,17,20). The second-order valence-electron chi connectivity index (χ2n) is 4.86. The first-order valence-corrected chi connectivity index (χ1v) is 6.96. The largest absolute Gasteiger partial charge is 0.496 e. The van der Waals surface area contributed by atoms with Gasteiger partial charge in [-0.15, -0.1) is 0 Å². The van der Waals surface area contributed by atoms with Gasteiger partial charge >= 0.3 is 12.0 Å². The fraction of sp³-hybridized carbons (Fsp3) is 0.467. The summed E-state index contributed by atoms with van der Waals surface area (Å²) in [5.41, 5.74) is 0.539. The van der Waals surface area contributed by atoms with E-state index in [1.54, 1.807) is 0 Å². The van der Waals surface area contributed by atoms with Gasteiger partial charge in [-0.05, 0) is 25.5 Å². The maximum Gasteiger partial charge on any atom is 0.339 e. The molecule has 1 atom stereocenters. The molecule has 0 aliphatic rings. The number of hydrogen-bond donors (Lipinski definition) is 3. The number of nitrogens with one attached hydrogen (secondary N) is 2. The molecule has 1 aromatic carbocycles. The van der Waals surface area contributed by atoms with Gasteiger partial charge in [0.25, 0.3) is 0 Å². The van der Waals surface area contributed by atoms with Crippen molar-refractivity contribution >= 4 is 17.7 Å². The first-order valence-electron chi connectivity index (χ1n) is 6.96. The lowest BCUT2D eigenvalue weighted by atomic mass is 10.1. The maximum absolute atomic E-state index is 11.8. The Kier molecular flexibility index (Phi) is 6.52. The van der Waals surface area contributed by atoms with Crippen LogP contribution in [-0.4, -0.2) is 30.3 Å². The molecule has 0 saturated carbocycles. The van der Waals surface area contributed by atoms with Gasteiger partial charge in [0.05, 0.1) is 7.11 Å². The van der Waals surface area contributed by atoms with Gasteiger partial charge in [-0.1, -0.05) is 19.8 Å². The summed E-state index contributed by atoms with van der Waals surface area (Å²) in [5, 5.41) is 14.5. The van der Waals surface area contributed by atoms with Crippen molar-refractivity contribution in [1.82, 2.24) is 5.32 Å². The van der Waals surface area contributed by atoms with Crippen molar-refractivity contribution in [2.75, 3.05) is 12.4 Å². The number of aromatic carboxylic acids is 1. The Morgan fingerprint density at radius 3 is 2.67 bits per heavy atom. The zero-order valence-corrected chi connectivity index (χ0v) is 12.6. The summed E-state index contributed by atoms with van der Waals surface area (Å²) in [5.74, 6) is -0.865. The summed E-state index contributed by atoms with van der Waals surface area (Å²) < 4.78 is 5.01. The van der Waals surface area contributed by atoms with E-state index in [-0.39, 0.29) is 23.4 Å². The lowest BCUT2D eigenvalue weighted by Gasteiger charge is -2.15. The van der Waals surface area contributed by atoms with Crippen LogP contribution in [0, 0.1) is 0 Å². The van der Waals surface area contributed by atoms with Crippen molar-refractivity contribution in [3.05, 3.63) is 23.8 Å². The van der Waals surface area contributed by atoms with E-state index in [0.717, 1.165) is 19.3 Å². The zero-order valence-electron chi connectivity index (χ0n) is 12.6. The molecule has 0 fully saturated rings. The fourth-order valence-corrected chi connectivity index (χ4v) is 1.92. The van der Waals surface area contributed by atoms with Gasteiger partial charge in [0.2, 0.25) is 0 Å². The molecule has 2 amide bonds. The van der Waals surface area contributed by atoms with Crippen molar-refractivity contribution < 1.29 is 19.4 Å². The monoisotopic (exact) mass is 294 g/mol. The average Bonchev–Trinajstić information content (AvgIpc) is 2.44. The lowest BCUT2D eigenvalue weighted by Crippen LogP contribution is -2.36. The predicted octanol–water partition coefficient (Wildman–Crippen LogP) is 3.09. The molecule has 0 heterocycles. The molecule has 0 aliphatic heterocycles. The van der Waals surface area contributed by atoms with Crippen LogP contribution >= 0.6 is 0 Å². The molecule has 116 valence electrons. The van der Waals surface area contributed by atoms with Gasteiger partial charge in [0.15, 0.2) is 0 Å². The first kappa shape index (κ1) is 16.8. The molecule has 0 radical (unpaired) electrons. The Labute approximate surface area is 124 Å². The second-order valence-corrected chi connectivity index (χ2v) is 4.86. The van der Waals surface area contributed by atoms with Crippen LogP contribution in [0.25, 0.3) is 0 Å². The second kappa shape index (κ2) is 8.14. The molecule has 3 N–H and O–H groups in total. The highest BCUT2D eigenvalue weighted by atomic mass is 16.5. The van der Waals surface area contributed by atoms with Crippen molar-refractivity contribution in [3.8, 4) is 5.75 Å². The molecule has 0 aromatic heterocycles. The molecule has 0 bridgehead atoms. The summed E-state index contributed by atoms with van der Waals surface area (Å²) in [7, 11) is 1.39. The van der Waals surface area contributed by atoms with Gasteiger partial charge in [0, 0.05) is 17.8 Å². The van der Waals surface area contributed by atoms with E-state index in [2.05, 4.69) is 17.6 Å². The van der Waals surface area contributed by atoms with Gasteiger partial charge in [-0.2, -0.15) is 0 Å². The van der Waals surface area contributed by atoms with Gasteiger partial charge < -0.3 is 20.5 Å². The van der Waals surface area contributed by atoms with Crippen LogP contribution in [0.3, 0.4) is 0 Å². The molecule has 6 nitrogen and oxygen atoms in total. The quantitative estimate of drug-likeness (QED) is 0.721. The topological polar surface area (TPSA) is 87.7 Å². The Balaban J connectivity index is 2.66. The van der Waals surface area contributed by atoms with Crippen LogP contribution in [0.15, 0.2) is 18.2 Å². The van der Waals surface area contributed by atoms with Gasteiger partial charge in [-0.25, -0.2) is 9.59 Å². The molecule has 0 spiro atoms. The van der Waals surface area contributed by atoms with Crippen LogP contribution in [0.4, 0.5) is 10.5 Å². The summed E-state index contributed by atoms with van der Waals surface area (Å²) in [6.07, 6.45) is 3.06. The zero-order chi connectivity index (χ0) is 15.8. The third kappa shape index (κ3) is 5.33. The van der Waals surface area contributed by atoms with Crippen LogP contribution < -0.4 is 15.4 Å². The Morgan fingerprint density at radius 1 is 1.38 bits per heavy atom. The Morgan fingerprint density at radius 2 is 2.10 bits per heavy atom. The van der Waals surface area contributed by atoms with E-state index >= 15 is 0 Å². The van der Waals surface area contributed by atoms with E-state index in [0.29, 0.717) is 5.69 Å². The van der Waals surface area contributed by atoms with Crippen LogP contribution in [0.5, 0.6) is 5.75 Å². The third-order valence-electron chi connectivity index (χ3n) is 3.06. The minimum atomic E-state index is -1.07.